The SMILES string of the molecule is O=C(Cn1nc2n(c1=O)CCCCC2)Nc1ccc2c(c1)OC1(CCCCC1)O2. The molecular formula is C21H26N4O4. The predicted molar refractivity (Wildman–Crippen MR) is 106 cm³/mol. The number of aryl methyl sites for hydroxylation is 1. The molecule has 0 bridgehead atoms. The molecule has 0 saturated heterocycles. The van der Waals surface area contributed by atoms with Crippen LogP contribution in [0.2, 0.25) is 0 Å². The minimum atomic E-state index is -0.537. The van der Waals surface area contributed by atoms with Crippen molar-refractivity contribution < 1.29 is 14.3 Å². The molecule has 1 saturated carbocycles. The van der Waals surface area contributed by atoms with Crippen molar-refractivity contribution in [2.75, 3.05) is 5.32 Å². The molecular weight excluding hydrogens is 372 g/mol. The van der Waals surface area contributed by atoms with Crippen LogP contribution < -0.4 is 20.5 Å². The summed E-state index contributed by atoms with van der Waals surface area (Å²) in [5.74, 6) is 1.34. The Morgan fingerprint density at radius 3 is 2.72 bits per heavy atom. The van der Waals surface area contributed by atoms with Crippen molar-refractivity contribution in [2.24, 2.45) is 0 Å². The molecule has 8 heteroatoms. The maximum atomic E-state index is 12.5. The molecule has 1 N–H and O–H groups in total. The summed E-state index contributed by atoms with van der Waals surface area (Å²) in [7, 11) is 0. The quantitative estimate of drug-likeness (QED) is 0.859. The largest absolute Gasteiger partial charge is 0.448 e. The Morgan fingerprint density at radius 1 is 1.07 bits per heavy atom. The predicted octanol–water partition coefficient (Wildman–Crippen LogP) is 2.84. The summed E-state index contributed by atoms with van der Waals surface area (Å²) < 4.78 is 15.2. The summed E-state index contributed by atoms with van der Waals surface area (Å²) in [5, 5.41) is 7.22. The molecule has 2 aromatic rings. The van der Waals surface area contributed by atoms with E-state index in [9.17, 15) is 9.59 Å². The van der Waals surface area contributed by atoms with Crippen LogP contribution in [-0.4, -0.2) is 26.0 Å². The molecule has 1 aromatic carbocycles. The number of fused-ring (bicyclic) bond motifs is 2. The van der Waals surface area contributed by atoms with Gasteiger partial charge in [-0.1, -0.05) is 12.8 Å². The number of carbonyl (C=O) groups excluding carboxylic acids is 1. The van der Waals surface area contributed by atoms with E-state index in [1.54, 1.807) is 16.7 Å². The van der Waals surface area contributed by atoms with E-state index in [1.807, 2.05) is 6.07 Å². The highest BCUT2D eigenvalue weighted by Gasteiger charge is 2.42. The van der Waals surface area contributed by atoms with Crippen LogP contribution in [-0.2, 0) is 24.3 Å². The molecule has 2 aliphatic heterocycles. The Balaban J connectivity index is 1.27. The zero-order chi connectivity index (χ0) is 19.8. The molecule has 3 aliphatic rings. The van der Waals surface area contributed by atoms with Crippen molar-refractivity contribution in [3.05, 3.63) is 34.5 Å². The normalized spacial score (nSPS) is 19.6. The second-order valence-corrected chi connectivity index (χ2v) is 8.20. The molecule has 1 amide bonds. The fraction of sp³-hybridized carbons (Fsp3) is 0.571. The third-order valence-electron chi connectivity index (χ3n) is 6.01. The van der Waals surface area contributed by atoms with E-state index in [-0.39, 0.29) is 18.1 Å². The molecule has 1 fully saturated rings. The van der Waals surface area contributed by atoms with Gasteiger partial charge in [0.15, 0.2) is 11.5 Å². The van der Waals surface area contributed by atoms with Gasteiger partial charge in [-0.15, -0.1) is 0 Å². The zero-order valence-corrected chi connectivity index (χ0v) is 16.5. The first-order valence-corrected chi connectivity index (χ1v) is 10.6. The van der Waals surface area contributed by atoms with E-state index < -0.39 is 5.79 Å². The van der Waals surface area contributed by atoms with Gasteiger partial charge in [0.05, 0.1) is 0 Å². The number of benzene rings is 1. The lowest BCUT2D eigenvalue weighted by molar-refractivity contribution is -0.117. The van der Waals surface area contributed by atoms with Crippen LogP contribution in [0.25, 0.3) is 0 Å². The lowest BCUT2D eigenvalue weighted by Crippen LogP contribution is -2.40. The summed E-state index contributed by atoms with van der Waals surface area (Å²) in [6.45, 7) is 0.580. The first kappa shape index (κ1) is 18.3. The van der Waals surface area contributed by atoms with Crippen LogP contribution >= 0.6 is 0 Å². The molecule has 0 radical (unpaired) electrons. The Bertz CT molecular complexity index is 987. The molecule has 0 unspecified atom stereocenters. The Morgan fingerprint density at radius 2 is 1.86 bits per heavy atom. The number of nitrogens with zero attached hydrogens (tertiary/aromatic N) is 3. The minimum absolute atomic E-state index is 0.1000. The van der Waals surface area contributed by atoms with Crippen LogP contribution in [0.15, 0.2) is 23.0 Å². The van der Waals surface area contributed by atoms with Gasteiger partial charge < -0.3 is 14.8 Å². The van der Waals surface area contributed by atoms with Crippen molar-refractivity contribution in [3.8, 4) is 11.5 Å². The number of carbonyl (C=O) groups is 1. The molecule has 0 atom stereocenters. The Labute approximate surface area is 168 Å². The molecule has 5 rings (SSSR count). The standard InChI is InChI=1S/C21H26N4O4/c26-19(14-25-20(27)24-12-6-1-3-7-18(24)23-25)22-15-8-9-16-17(13-15)29-21(28-16)10-4-2-5-11-21/h8-9,13H,1-7,10-12,14H2,(H,22,26). The molecule has 1 aliphatic carbocycles. The number of rotatable bonds is 3. The fourth-order valence-electron chi connectivity index (χ4n) is 4.53. The Kier molecular flexibility index (Phi) is 4.56. The van der Waals surface area contributed by atoms with Gasteiger partial charge in [-0.2, -0.15) is 5.10 Å². The minimum Gasteiger partial charge on any atom is -0.448 e. The lowest BCUT2D eigenvalue weighted by atomic mass is 9.94. The number of aromatic nitrogens is 3. The van der Waals surface area contributed by atoms with Gasteiger partial charge in [0.2, 0.25) is 5.91 Å². The smallest absolute Gasteiger partial charge is 0.346 e. The van der Waals surface area contributed by atoms with Crippen LogP contribution in [0.4, 0.5) is 5.69 Å². The van der Waals surface area contributed by atoms with Crippen molar-refractivity contribution >= 4 is 11.6 Å². The summed E-state index contributed by atoms with van der Waals surface area (Å²) in [6.07, 6.45) is 9.08. The summed E-state index contributed by atoms with van der Waals surface area (Å²) >= 11 is 0. The third-order valence-corrected chi connectivity index (χ3v) is 6.01. The van der Waals surface area contributed by atoms with E-state index in [0.29, 0.717) is 18.0 Å². The average Bonchev–Trinajstić information content (AvgIpc) is 3.07. The monoisotopic (exact) mass is 398 g/mol. The molecule has 3 heterocycles. The number of nitrogens with one attached hydrogen (secondary N) is 1. The highest BCUT2D eigenvalue weighted by molar-refractivity contribution is 5.90. The number of hydrogen-bond donors (Lipinski definition) is 1. The maximum Gasteiger partial charge on any atom is 0.346 e. The number of ether oxygens (including phenoxy) is 2. The van der Waals surface area contributed by atoms with Gasteiger partial charge in [0.25, 0.3) is 5.79 Å². The van der Waals surface area contributed by atoms with Crippen LogP contribution in [0.3, 0.4) is 0 Å². The number of anilines is 1. The van der Waals surface area contributed by atoms with Crippen molar-refractivity contribution in [3.63, 3.8) is 0 Å². The van der Waals surface area contributed by atoms with Crippen LogP contribution in [0.1, 0.15) is 57.2 Å². The van der Waals surface area contributed by atoms with E-state index >= 15 is 0 Å². The first-order valence-electron chi connectivity index (χ1n) is 10.6. The summed E-state index contributed by atoms with van der Waals surface area (Å²) in [5.41, 5.74) is 0.418. The van der Waals surface area contributed by atoms with Crippen LogP contribution in [0, 0.1) is 0 Å². The summed E-state index contributed by atoms with van der Waals surface area (Å²) in [6, 6.07) is 5.42. The van der Waals surface area contributed by atoms with Crippen molar-refractivity contribution in [1.82, 2.24) is 14.3 Å². The van der Waals surface area contributed by atoms with E-state index in [1.165, 1.54) is 11.1 Å². The zero-order valence-electron chi connectivity index (χ0n) is 16.5. The maximum absolute atomic E-state index is 12.5. The topological polar surface area (TPSA) is 87.4 Å². The second-order valence-electron chi connectivity index (χ2n) is 8.20. The highest BCUT2D eigenvalue weighted by Crippen LogP contribution is 2.46. The molecule has 8 nitrogen and oxygen atoms in total. The molecule has 1 spiro atoms. The van der Waals surface area contributed by atoms with Gasteiger partial charge in [-0.25, -0.2) is 9.48 Å². The van der Waals surface area contributed by atoms with E-state index in [0.717, 1.165) is 62.9 Å². The van der Waals surface area contributed by atoms with E-state index in [2.05, 4.69) is 10.4 Å². The first-order chi connectivity index (χ1) is 14.1. The van der Waals surface area contributed by atoms with Crippen molar-refractivity contribution in [1.29, 1.82) is 0 Å². The van der Waals surface area contributed by atoms with Gasteiger partial charge >= 0.3 is 5.69 Å². The molecule has 29 heavy (non-hydrogen) atoms. The van der Waals surface area contributed by atoms with Gasteiger partial charge in [-0.05, 0) is 37.8 Å². The van der Waals surface area contributed by atoms with Gasteiger partial charge in [-0.3, -0.25) is 9.36 Å². The number of hydrogen-bond acceptors (Lipinski definition) is 5. The van der Waals surface area contributed by atoms with Crippen molar-refractivity contribution in [2.45, 2.75) is 76.7 Å². The lowest BCUT2D eigenvalue weighted by Gasteiger charge is -2.31. The number of amides is 1. The molecule has 1 aromatic heterocycles. The van der Waals surface area contributed by atoms with E-state index in [4.69, 9.17) is 9.47 Å². The van der Waals surface area contributed by atoms with Crippen LogP contribution in [0.5, 0.6) is 11.5 Å². The Hall–Kier alpha value is -2.77. The average molecular weight is 398 g/mol. The second kappa shape index (κ2) is 7.24. The van der Waals surface area contributed by atoms with Gasteiger partial charge in [0.1, 0.15) is 12.4 Å². The highest BCUT2D eigenvalue weighted by atomic mass is 16.7. The fourth-order valence-corrected chi connectivity index (χ4v) is 4.53. The van der Waals surface area contributed by atoms with Gasteiger partial charge in [0, 0.05) is 37.6 Å². The summed E-state index contributed by atoms with van der Waals surface area (Å²) in [4.78, 5) is 25.0. The third kappa shape index (κ3) is 3.52. The molecule has 154 valence electrons.